The summed E-state index contributed by atoms with van der Waals surface area (Å²) in [6.45, 7) is 14.2. The van der Waals surface area contributed by atoms with Crippen LogP contribution in [0.3, 0.4) is 0 Å². The lowest BCUT2D eigenvalue weighted by Gasteiger charge is -2.58. The van der Waals surface area contributed by atoms with E-state index in [0.717, 1.165) is 64.2 Å². The normalized spacial score (nSPS) is 48.4. The topological polar surface area (TPSA) is 111 Å². The zero-order chi connectivity index (χ0) is 36.0. The molecule has 280 valence electrons. The van der Waals surface area contributed by atoms with Crippen molar-refractivity contribution in [3.05, 3.63) is 23.3 Å². The maximum atomic E-state index is 13.2. The highest BCUT2D eigenvalue weighted by Crippen LogP contribution is 2.66. The van der Waals surface area contributed by atoms with Crippen LogP contribution in [0, 0.1) is 81.8 Å². The molecule has 0 spiro atoms. The van der Waals surface area contributed by atoms with E-state index in [2.05, 4.69) is 52.2 Å². The molecule has 0 aromatic carbocycles. The lowest BCUT2D eigenvalue weighted by atomic mass is 9.47. The summed E-state index contributed by atoms with van der Waals surface area (Å²) in [5.41, 5.74) is 2.64. The summed E-state index contributed by atoms with van der Waals surface area (Å²) in [5.74, 6) is 7.11. The van der Waals surface area contributed by atoms with Crippen molar-refractivity contribution in [3.8, 4) is 0 Å². The van der Waals surface area contributed by atoms with Crippen molar-refractivity contribution in [2.45, 2.75) is 131 Å². The van der Waals surface area contributed by atoms with E-state index in [0.29, 0.717) is 95.4 Å². The monoisotopic (exact) mass is 702 g/mol. The Morgan fingerprint density at radius 2 is 1.04 bits per heavy atom. The zero-order valence-electron chi connectivity index (χ0n) is 31.9. The van der Waals surface area contributed by atoms with E-state index in [-0.39, 0.29) is 29.7 Å². The average Bonchev–Trinajstić information content (AvgIpc) is 3.55. The van der Waals surface area contributed by atoms with Gasteiger partial charge in [0.1, 0.15) is 12.2 Å². The van der Waals surface area contributed by atoms with E-state index in [1.54, 1.807) is 0 Å². The molecule has 8 aliphatic rings. The third-order valence-corrected chi connectivity index (χ3v) is 16.7. The molecule has 0 radical (unpaired) electrons. The van der Waals surface area contributed by atoms with Gasteiger partial charge in [0.05, 0.1) is 6.67 Å². The number of carbonyl (C=O) groups is 4. The molecule has 2 amide bonds. The quantitative estimate of drug-likeness (QED) is 0.285. The highest BCUT2D eigenvalue weighted by atomic mass is 16.6. The molecule has 0 bridgehead atoms. The van der Waals surface area contributed by atoms with Crippen molar-refractivity contribution in [1.29, 1.82) is 0 Å². The third-order valence-electron chi connectivity index (χ3n) is 16.7. The number of fused-ring (bicyclic) bond motifs is 10. The Balaban J connectivity index is 0.845. The molecule has 51 heavy (non-hydrogen) atoms. The minimum absolute atomic E-state index is 0.0291. The van der Waals surface area contributed by atoms with Crippen molar-refractivity contribution < 1.29 is 28.7 Å². The molecule has 6 fully saturated rings. The summed E-state index contributed by atoms with van der Waals surface area (Å²) in [4.78, 5) is 50.8. The Labute approximate surface area is 305 Å². The van der Waals surface area contributed by atoms with Crippen LogP contribution in [0.15, 0.2) is 23.3 Å². The van der Waals surface area contributed by atoms with Crippen LogP contribution in [0.1, 0.15) is 119 Å². The molecule has 0 aromatic rings. The highest BCUT2D eigenvalue weighted by molar-refractivity contribution is 5.91. The van der Waals surface area contributed by atoms with Gasteiger partial charge < -0.3 is 20.1 Å². The van der Waals surface area contributed by atoms with E-state index in [1.165, 1.54) is 11.1 Å². The Kier molecular flexibility index (Phi) is 9.05. The number of ether oxygens (including phenoxy) is 2. The van der Waals surface area contributed by atoms with Gasteiger partial charge in [0.15, 0.2) is 11.6 Å². The predicted octanol–water partition coefficient (Wildman–Crippen LogP) is 8.40. The van der Waals surface area contributed by atoms with Crippen molar-refractivity contribution >= 4 is 23.8 Å². The molecular formula is C43H62N2O6. The molecule has 0 saturated heterocycles. The summed E-state index contributed by atoms with van der Waals surface area (Å²) in [5, 5.41) is 5.60. The van der Waals surface area contributed by atoms with Crippen LogP contribution >= 0.6 is 0 Å². The molecule has 8 heteroatoms. The van der Waals surface area contributed by atoms with Crippen LogP contribution in [0.5, 0.6) is 0 Å². The summed E-state index contributed by atoms with van der Waals surface area (Å²) in [6, 6.07) is 0. The first-order chi connectivity index (χ1) is 24.3. The number of nitrogens with one attached hydrogen (secondary N) is 2. The van der Waals surface area contributed by atoms with Crippen molar-refractivity contribution in [1.82, 2.24) is 10.6 Å². The van der Waals surface area contributed by atoms with Gasteiger partial charge in [0, 0.05) is 23.7 Å². The van der Waals surface area contributed by atoms with Crippen molar-refractivity contribution in [2.75, 3.05) is 6.67 Å². The fourth-order valence-corrected chi connectivity index (χ4v) is 15.1. The lowest BCUT2D eigenvalue weighted by Crippen LogP contribution is -2.54. The first-order valence-electron chi connectivity index (χ1n) is 20.6. The summed E-state index contributed by atoms with van der Waals surface area (Å²) in [6.07, 6.45) is 14.0. The van der Waals surface area contributed by atoms with Gasteiger partial charge in [0.2, 0.25) is 0 Å². The number of carbonyl (C=O) groups excluding carboxylic acids is 4. The van der Waals surface area contributed by atoms with Crippen LogP contribution in [-0.2, 0) is 19.1 Å². The predicted molar refractivity (Wildman–Crippen MR) is 194 cm³/mol. The molecule has 8 aliphatic carbocycles. The number of rotatable bonds is 4. The number of hydrogen-bond donors (Lipinski definition) is 2. The first kappa shape index (κ1) is 35.4. The van der Waals surface area contributed by atoms with E-state index in [9.17, 15) is 19.2 Å². The zero-order valence-corrected chi connectivity index (χ0v) is 31.9. The molecular weight excluding hydrogens is 640 g/mol. The second-order valence-electron chi connectivity index (χ2n) is 19.4. The van der Waals surface area contributed by atoms with Crippen LogP contribution in [0.25, 0.3) is 0 Å². The minimum Gasteiger partial charge on any atom is -0.446 e. The van der Waals surface area contributed by atoms with Gasteiger partial charge >= 0.3 is 12.2 Å². The van der Waals surface area contributed by atoms with Gasteiger partial charge in [-0.1, -0.05) is 52.7 Å². The summed E-state index contributed by atoms with van der Waals surface area (Å²) >= 11 is 0. The van der Waals surface area contributed by atoms with Gasteiger partial charge in [-0.2, -0.15) is 0 Å². The standard InChI is InChI=1S/C43H62N2O6/c1-22-15-26-17-28(46)7-9-30(26)36-24(3)19-42(5)32(38(22)36)11-13-34(42)50-40(48)44-21-45-41(49)51-35-14-12-33-39-23(2)16-27-18-29(47)8-10-31(27)37(39)25(4)20-43(33,35)6/h17-18,22-25,30-39H,7-16,19-21H2,1-6H3,(H,44,48)(H,45,49). The molecule has 8 nitrogen and oxygen atoms in total. The van der Waals surface area contributed by atoms with Gasteiger partial charge in [-0.15, -0.1) is 0 Å². The van der Waals surface area contributed by atoms with Gasteiger partial charge in [0.25, 0.3) is 0 Å². The fraction of sp³-hybridized carbons (Fsp3) is 0.814. The second kappa shape index (κ2) is 13.0. The smallest absolute Gasteiger partial charge is 0.408 e. The molecule has 6 saturated carbocycles. The Morgan fingerprint density at radius 1 is 0.627 bits per heavy atom. The Bertz CT molecular complexity index is 1410. The molecule has 2 N–H and O–H groups in total. The Hall–Kier alpha value is -2.64. The van der Waals surface area contributed by atoms with Crippen molar-refractivity contribution in [3.63, 3.8) is 0 Å². The SMILES string of the molecule is CC1CC2(C)C(OC(=O)NCNC(=O)OC3CCC4C5C(C)CC6=CC(=O)CCC6C5C(C)CC34C)CCC2C2C(C)CC3=CC(=O)CCC3C12. The van der Waals surface area contributed by atoms with Crippen LogP contribution < -0.4 is 10.6 Å². The minimum atomic E-state index is -0.478. The summed E-state index contributed by atoms with van der Waals surface area (Å²) in [7, 11) is 0. The summed E-state index contributed by atoms with van der Waals surface area (Å²) < 4.78 is 12.3. The second-order valence-corrected chi connectivity index (χ2v) is 19.4. The number of hydrogen-bond acceptors (Lipinski definition) is 6. The highest BCUT2D eigenvalue weighted by Gasteiger charge is 2.62. The molecule has 0 aromatic heterocycles. The van der Waals surface area contributed by atoms with Gasteiger partial charge in [-0.3, -0.25) is 9.59 Å². The van der Waals surface area contributed by atoms with Crippen LogP contribution in [0.2, 0.25) is 0 Å². The van der Waals surface area contributed by atoms with Crippen LogP contribution in [-0.4, -0.2) is 42.6 Å². The van der Waals surface area contributed by atoms with E-state index < -0.39 is 12.2 Å². The molecule has 16 atom stereocenters. The molecule has 0 heterocycles. The number of allylic oxidation sites excluding steroid dienone is 2. The number of alkyl carbamates (subject to hydrolysis) is 2. The van der Waals surface area contributed by atoms with Crippen molar-refractivity contribution in [2.24, 2.45) is 81.8 Å². The maximum Gasteiger partial charge on any atom is 0.408 e. The number of ketones is 2. The van der Waals surface area contributed by atoms with Gasteiger partial charge in [-0.25, -0.2) is 9.59 Å². The van der Waals surface area contributed by atoms with E-state index in [1.807, 2.05) is 12.2 Å². The Morgan fingerprint density at radius 3 is 1.45 bits per heavy atom. The molecule has 0 aliphatic heterocycles. The maximum absolute atomic E-state index is 13.2. The first-order valence-corrected chi connectivity index (χ1v) is 20.6. The van der Waals surface area contributed by atoms with E-state index >= 15 is 0 Å². The van der Waals surface area contributed by atoms with E-state index in [4.69, 9.17) is 9.47 Å². The number of amides is 2. The largest absolute Gasteiger partial charge is 0.446 e. The fourth-order valence-electron chi connectivity index (χ4n) is 15.1. The average molecular weight is 703 g/mol. The molecule has 16 unspecified atom stereocenters. The van der Waals surface area contributed by atoms with Crippen LogP contribution in [0.4, 0.5) is 9.59 Å². The third kappa shape index (κ3) is 5.82. The molecule has 8 rings (SSSR count). The lowest BCUT2D eigenvalue weighted by molar-refractivity contribution is -0.119. The van der Waals surface area contributed by atoms with Gasteiger partial charge in [-0.05, 0) is 147 Å².